The van der Waals surface area contributed by atoms with Crippen LogP contribution in [0.4, 0.5) is 0 Å². The van der Waals surface area contributed by atoms with Crippen LogP contribution in [0.1, 0.15) is 39.0 Å². The van der Waals surface area contributed by atoms with Gasteiger partial charge in [0.25, 0.3) is 0 Å². The van der Waals surface area contributed by atoms with Crippen molar-refractivity contribution in [3.8, 4) is 0 Å². The molecule has 2 fully saturated rings. The van der Waals surface area contributed by atoms with Crippen molar-refractivity contribution in [2.24, 2.45) is 11.8 Å². The molecule has 2 aliphatic rings. The van der Waals surface area contributed by atoms with Crippen molar-refractivity contribution < 1.29 is 19.5 Å². The zero-order valence-electron chi connectivity index (χ0n) is 11.8. The molecule has 0 aromatic heterocycles. The number of carbonyl (C=O) groups excluding carboxylic acids is 2. The minimum Gasteiger partial charge on any atom is -0.481 e. The molecular formula is C14H22N2O4. The average Bonchev–Trinajstić information content (AvgIpc) is 2.46. The lowest BCUT2D eigenvalue weighted by molar-refractivity contribution is -0.149. The second-order valence-electron chi connectivity index (χ2n) is 5.63. The van der Waals surface area contributed by atoms with Gasteiger partial charge < -0.3 is 15.3 Å². The number of nitrogens with one attached hydrogen (secondary N) is 1. The summed E-state index contributed by atoms with van der Waals surface area (Å²) in [5.74, 6) is -1.25. The molecule has 1 saturated heterocycles. The summed E-state index contributed by atoms with van der Waals surface area (Å²) in [6.07, 6.45) is 2.96. The first-order chi connectivity index (χ1) is 9.54. The number of amides is 2. The number of carbonyl (C=O) groups is 3. The summed E-state index contributed by atoms with van der Waals surface area (Å²) >= 11 is 0. The van der Waals surface area contributed by atoms with Crippen molar-refractivity contribution in [3.63, 3.8) is 0 Å². The quantitative estimate of drug-likeness (QED) is 0.794. The van der Waals surface area contributed by atoms with Gasteiger partial charge in [0.05, 0.1) is 5.92 Å². The summed E-state index contributed by atoms with van der Waals surface area (Å²) in [4.78, 5) is 36.9. The van der Waals surface area contributed by atoms with Crippen molar-refractivity contribution in [3.05, 3.63) is 0 Å². The molecule has 1 heterocycles. The molecule has 0 aromatic rings. The van der Waals surface area contributed by atoms with Gasteiger partial charge in [-0.15, -0.1) is 0 Å². The summed E-state index contributed by atoms with van der Waals surface area (Å²) in [5.41, 5.74) is 0. The fourth-order valence-corrected chi connectivity index (χ4v) is 3.21. The van der Waals surface area contributed by atoms with Gasteiger partial charge >= 0.3 is 5.97 Å². The van der Waals surface area contributed by atoms with Crippen LogP contribution in [-0.4, -0.2) is 46.9 Å². The predicted octanol–water partition coefficient (Wildman–Crippen LogP) is 0.614. The summed E-state index contributed by atoms with van der Waals surface area (Å²) < 4.78 is 0. The molecule has 2 rings (SSSR count). The van der Waals surface area contributed by atoms with Crippen LogP contribution in [0.2, 0.25) is 0 Å². The van der Waals surface area contributed by atoms with Crippen molar-refractivity contribution in [2.45, 2.75) is 45.1 Å². The summed E-state index contributed by atoms with van der Waals surface area (Å²) in [7, 11) is 0. The number of hydrogen-bond donors (Lipinski definition) is 2. The smallest absolute Gasteiger partial charge is 0.306 e. The topological polar surface area (TPSA) is 86.7 Å². The first-order valence-electron chi connectivity index (χ1n) is 7.35. The van der Waals surface area contributed by atoms with Gasteiger partial charge in [-0.3, -0.25) is 14.4 Å². The van der Waals surface area contributed by atoms with E-state index in [9.17, 15) is 14.4 Å². The van der Waals surface area contributed by atoms with Gasteiger partial charge in [0.1, 0.15) is 6.04 Å². The molecular weight excluding hydrogens is 260 g/mol. The number of nitrogens with zero attached hydrogens (tertiary/aromatic N) is 1. The zero-order chi connectivity index (χ0) is 14.7. The van der Waals surface area contributed by atoms with E-state index in [-0.39, 0.29) is 29.7 Å². The number of aliphatic carboxylic acids is 1. The van der Waals surface area contributed by atoms with E-state index in [1.54, 1.807) is 4.90 Å². The third-order valence-electron chi connectivity index (χ3n) is 4.43. The van der Waals surface area contributed by atoms with Crippen molar-refractivity contribution >= 4 is 17.8 Å². The van der Waals surface area contributed by atoms with Crippen LogP contribution in [0.3, 0.4) is 0 Å². The monoisotopic (exact) mass is 282 g/mol. The van der Waals surface area contributed by atoms with Crippen LogP contribution in [0.5, 0.6) is 0 Å². The zero-order valence-corrected chi connectivity index (χ0v) is 11.8. The molecule has 6 nitrogen and oxygen atoms in total. The highest BCUT2D eigenvalue weighted by Gasteiger charge is 2.37. The molecule has 1 saturated carbocycles. The molecule has 2 amide bonds. The van der Waals surface area contributed by atoms with Gasteiger partial charge in [-0.2, -0.15) is 0 Å². The van der Waals surface area contributed by atoms with Gasteiger partial charge in [-0.25, -0.2) is 0 Å². The first kappa shape index (κ1) is 14.8. The maximum Gasteiger partial charge on any atom is 0.306 e. The summed E-state index contributed by atoms with van der Waals surface area (Å²) in [5, 5.41) is 11.8. The fourth-order valence-electron chi connectivity index (χ4n) is 3.21. The van der Waals surface area contributed by atoms with E-state index in [1.165, 1.54) is 0 Å². The largest absolute Gasteiger partial charge is 0.481 e. The molecule has 112 valence electrons. The minimum atomic E-state index is -0.764. The Morgan fingerprint density at radius 3 is 2.40 bits per heavy atom. The standard InChI is InChI=1S/C14H22N2O4/c1-2-11-12(17)15-7-8-16(11)13(18)9-3-5-10(6-4-9)14(19)20/h9-11H,2-8H2,1H3,(H,15,17)(H,19,20). The minimum absolute atomic E-state index is 0.0236. The lowest BCUT2D eigenvalue weighted by Gasteiger charge is -2.38. The van der Waals surface area contributed by atoms with E-state index in [0.29, 0.717) is 45.2 Å². The second kappa shape index (κ2) is 6.24. The van der Waals surface area contributed by atoms with Crippen LogP contribution in [0.15, 0.2) is 0 Å². The van der Waals surface area contributed by atoms with Crippen LogP contribution in [-0.2, 0) is 14.4 Å². The molecule has 0 radical (unpaired) electrons. The molecule has 2 N–H and O–H groups in total. The summed E-state index contributed by atoms with van der Waals surface area (Å²) in [6.45, 7) is 2.96. The predicted molar refractivity (Wildman–Crippen MR) is 71.9 cm³/mol. The van der Waals surface area contributed by atoms with E-state index in [0.717, 1.165) is 0 Å². The van der Waals surface area contributed by atoms with E-state index in [1.807, 2.05) is 6.92 Å². The Bertz CT molecular complexity index is 402. The molecule has 20 heavy (non-hydrogen) atoms. The third kappa shape index (κ3) is 2.94. The van der Waals surface area contributed by atoms with Crippen molar-refractivity contribution in [2.75, 3.05) is 13.1 Å². The lowest BCUT2D eigenvalue weighted by Crippen LogP contribution is -2.58. The first-order valence-corrected chi connectivity index (χ1v) is 7.35. The van der Waals surface area contributed by atoms with Gasteiger partial charge in [0, 0.05) is 19.0 Å². The number of carboxylic acids is 1. The lowest BCUT2D eigenvalue weighted by atomic mass is 9.81. The Balaban J connectivity index is 1.97. The van der Waals surface area contributed by atoms with Gasteiger partial charge in [0.15, 0.2) is 0 Å². The number of hydrogen-bond acceptors (Lipinski definition) is 3. The van der Waals surface area contributed by atoms with E-state index < -0.39 is 5.97 Å². The van der Waals surface area contributed by atoms with Gasteiger partial charge in [-0.05, 0) is 32.1 Å². The average molecular weight is 282 g/mol. The normalized spacial score (nSPS) is 30.8. The van der Waals surface area contributed by atoms with E-state index in [4.69, 9.17) is 5.11 Å². The Hall–Kier alpha value is -1.59. The second-order valence-corrected chi connectivity index (χ2v) is 5.63. The Morgan fingerprint density at radius 1 is 1.25 bits per heavy atom. The molecule has 0 spiro atoms. The molecule has 6 heteroatoms. The molecule has 1 unspecified atom stereocenters. The molecule has 0 aromatic carbocycles. The molecule has 1 atom stereocenters. The van der Waals surface area contributed by atoms with Crippen LogP contribution in [0.25, 0.3) is 0 Å². The number of rotatable bonds is 3. The van der Waals surface area contributed by atoms with Crippen LogP contribution < -0.4 is 5.32 Å². The van der Waals surface area contributed by atoms with Crippen molar-refractivity contribution in [1.82, 2.24) is 10.2 Å². The number of piperazine rings is 1. The Morgan fingerprint density at radius 2 is 1.85 bits per heavy atom. The SMILES string of the molecule is CCC1C(=O)NCCN1C(=O)C1CCC(C(=O)O)CC1. The molecule has 1 aliphatic heterocycles. The highest BCUT2D eigenvalue weighted by molar-refractivity contribution is 5.89. The van der Waals surface area contributed by atoms with Crippen molar-refractivity contribution in [1.29, 1.82) is 0 Å². The maximum atomic E-state index is 12.5. The number of carboxylic acid groups (broad SMARTS) is 1. The highest BCUT2D eigenvalue weighted by Crippen LogP contribution is 2.31. The van der Waals surface area contributed by atoms with E-state index in [2.05, 4.69) is 5.32 Å². The van der Waals surface area contributed by atoms with Gasteiger partial charge in [0.2, 0.25) is 11.8 Å². The Kier molecular flexibility index (Phi) is 4.62. The molecule has 1 aliphatic carbocycles. The third-order valence-corrected chi connectivity index (χ3v) is 4.43. The van der Waals surface area contributed by atoms with Crippen LogP contribution >= 0.6 is 0 Å². The maximum absolute atomic E-state index is 12.5. The van der Waals surface area contributed by atoms with E-state index >= 15 is 0 Å². The Labute approximate surface area is 118 Å². The summed E-state index contributed by atoms with van der Waals surface area (Å²) in [6, 6.07) is -0.367. The van der Waals surface area contributed by atoms with Crippen LogP contribution in [0, 0.1) is 11.8 Å². The highest BCUT2D eigenvalue weighted by atomic mass is 16.4. The molecule has 0 bridgehead atoms. The van der Waals surface area contributed by atoms with Gasteiger partial charge in [-0.1, -0.05) is 6.92 Å². The fraction of sp³-hybridized carbons (Fsp3) is 0.786.